The lowest BCUT2D eigenvalue weighted by atomic mass is 9.66. The van der Waals surface area contributed by atoms with Crippen molar-refractivity contribution in [3.8, 4) is 0 Å². The summed E-state index contributed by atoms with van der Waals surface area (Å²) >= 11 is 0. The molecule has 0 nitrogen and oxygen atoms in total. The first-order valence-corrected chi connectivity index (χ1v) is 7.22. The van der Waals surface area contributed by atoms with E-state index in [4.69, 9.17) is 0 Å². The molecule has 0 aliphatic heterocycles. The molecule has 0 bridgehead atoms. The van der Waals surface area contributed by atoms with Gasteiger partial charge in [0.2, 0.25) is 0 Å². The van der Waals surface area contributed by atoms with Gasteiger partial charge in [-0.15, -0.1) is 0 Å². The highest BCUT2D eigenvalue weighted by atomic mass is 14.5. The highest BCUT2D eigenvalue weighted by Crippen LogP contribution is 2.51. The van der Waals surface area contributed by atoms with Crippen molar-refractivity contribution in [3.63, 3.8) is 0 Å². The Labute approximate surface area is 105 Å². The lowest BCUT2D eigenvalue weighted by Crippen LogP contribution is -2.29. The summed E-state index contributed by atoms with van der Waals surface area (Å²) in [6.45, 7) is 7.04. The molecule has 1 aromatic rings. The van der Waals surface area contributed by atoms with Gasteiger partial charge in [0.15, 0.2) is 0 Å². The summed E-state index contributed by atoms with van der Waals surface area (Å²) in [7, 11) is 0. The third kappa shape index (κ3) is 1.64. The Balaban J connectivity index is 2.06. The number of aryl methyl sites for hydroxylation is 2. The molecule has 0 radical (unpaired) electrons. The van der Waals surface area contributed by atoms with Crippen molar-refractivity contribution < 1.29 is 0 Å². The molecular formula is C17H24. The summed E-state index contributed by atoms with van der Waals surface area (Å²) in [6.07, 6.45) is 8.49. The van der Waals surface area contributed by atoms with Crippen LogP contribution in [0.5, 0.6) is 0 Å². The molecule has 0 unspecified atom stereocenters. The van der Waals surface area contributed by atoms with Gasteiger partial charge in [0.25, 0.3) is 0 Å². The number of fused-ring (bicyclic) bond motifs is 2. The zero-order valence-electron chi connectivity index (χ0n) is 11.5. The van der Waals surface area contributed by atoms with Gasteiger partial charge in [-0.05, 0) is 86.0 Å². The predicted octanol–water partition coefficient (Wildman–Crippen LogP) is 4.70. The Kier molecular flexibility index (Phi) is 2.57. The Bertz CT molecular complexity index is 434. The van der Waals surface area contributed by atoms with Crippen molar-refractivity contribution in [2.24, 2.45) is 5.92 Å². The maximum Gasteiger partial charge on any atom is -0.00382 e. The topological polar surface area (TPSA) is 0 Å². The van der Waals surface area contributed by atoms with Gasteiger partial charge in [-0.2, -0.15) is 0 Å². The molecule has 0 N–H and O–H groups in total. The van der Waals surface area contributed by atoms with Gasteiger partial charge in [-0.3, -0.25) is 0 Å². The highest BCUT2D eigenvalue weighted by molar-refractivity contribution is 5.48. The zero-order chi connectivity index (χ0) is 12.0. The van der Waals surface area contributed by atoms with E-state index in [1.54, 1.807) is 16.7 Å². The van der Waals surface area contributed by atoms with Gasteiger partial charge in [-0.1, -0.05) is 19.1 Å². The summed E-state index contributed by atoms with van der Waals surface area (Å²) in [5.74, 6) is 0.954. The first-order chi connectivity index (χ1) is 8.12. The smallest absolute Gasteiger partial charge is 0.00382 e. The van der Waals surface area contributed by atoms with E-state index in [0.29, 0.717) is 5.41 Å². The van der Waals surface area contributed by atoms with Crippen molar-refractivity contribution in [1.82, 2.24) is 0 Å². The van der Waals surface area contributed by atoms with E-state index in [1.165, 1.54) is 44.1 Å². The zero-order valence-corrected chi connectivity index (χ0v) is 11.5. The second-order valence-electron chi connectivity index (χ2n) is 6.52. The van der Waals surface area contributed by atoms with Crippen LogP contribution in [0.3, 0.4) is 0 Å². The van der Waals surface area contributed by atoms with Crippen LogP contribution in [0.15, 0.2) is 12.1 Å². The molecule has 2 aliphatic rings. The molecule has 1 saturated carbocycles. The molecular weight excluding hydrogens is 204 g/mol. The average Bonchev–Trinajstić information content (AvgIpc) is 2.69. The molecule has 0 atom stereocenters. The Hall–Kier alpha value is -0.780. The van der Waals surface area contributed by atoms with Crippen LogP contribution < -0.4 is 0 Å². The van der Waals surface area contributed by atoms with Crippen LogP contribution in [-0.4, -0.2) is 0 Å². The minimum atomic E-state index is 0.567. The maximum absolute atomic E-state index is 2.42. The van der Waals surface area contributed by atoms with Crippen molar-refractivity contribution in [1.29, 1.82) is 0 Å². The minimum Gasteiger partial charge on any atom is -0.0625 e. The van der Waals surface area contributed by atoms with Crippen molar-refractivity contribution in [3.05, 3.63) is 34.4 Å². The van der Waals surface area contributed by atoms with E-state index >= 15 is 0 Å². The summed E-state index contributed by atoms with van der Waals surface area (Å²) in [5.41, 5.74) is 7.10. The number of rotatable bonds is 0. The summed E-state index contributed by atoms with van der Waals surface area (Å²) < 4.78 is 0. The second kappa shape index (κ2) is 3.86. The molecule has 92 valence electrons. The first kappa shape index (κ1) is 11.3. The van der Waals surface area contributed by atoms with Crippen LogP contribution >= 0.6 is 0 Å². The molecule has 2 aliphatic carbocycles. The molecule has 0 aromatic heterocycles. The lowest BCUT2D eigenvalue weighted by molar-refractivity contribution is 0.240. The fraction of sp³-hybridized carbons (Fsp3) is 0.647. The van der Waals surface area contributed by atoms with E-state index in [2.05, 4.69) is 32.9 Å². The minimum absolute atomic E-state index is 0.567. The van der Waals surface area contributed by atoms with Gasteiger partial charge in [0.1, 0.15) is 0 Å². The van der Waals surface area contributed by atoms with Gasteiger partial charge in [-0.25, -0.2) is 0 Å². The van der Waals surface area contributed by atoms with E-state index in [-0.39, 0.29) is 0 Å². The normalized spacial score (nSPS) is 31.8. The van der Waals surface area contributed by atoms with E-state index in [9.17, 15) is 0 Å². The fourth-order valence-electron chi connectivity index (χ4n) is 4.23. The quantitative estimate of drug-likeness (QED) is 0.604. The second-order valence-corrected chi connectivity index (χ2v) is 6.52. The summed E-state index contributed by atoms with van der Waals surface area (Å²) in [6, 6.07) is 4.66. The Morgan fingerprint density at radius 1 is 1.00 bits per heavy atom. The molecule has 0 heterocycles. The molecule has 0 heteroatoms. The number of hydrogen-bond acceptors (Lipinski definition) is 0. The van der Waals surface area contributed by atoms with Gasteiger partial charge < -0.3 is 0 Å². The van der Waals surface area contributed by atoms with Crippen LogP contribution in [0, 0.1) is 19.8 Å². The van der Waals surface area contributed by atoms with Gasteiger partial charge in [0, 0.05) is 0 Å². The van der Waals surface area contributed by atoms with E-state index in [1.807, 2.05) is 0 Å². The van der Waals surface area contributed by atoms with Crippen LogP contribution in [0.25, 0.3) is 0 Å². The fourth-order valence-corrected chi connectivity index (χ4v) is 4.23. The largest absolute Gasteiger partial charge is 0.0625 e. The highest BCUT2D eigenvalue weighted by Gasteiger charge is 2.42. The molecule has 1 aromatic carbocycles. The van der Waals surface area contributed by atoms with Gasteiger partial charge >= 0.3 is 0 Å². The van der Waals surface area contributed by atoms with Crippen LogP contribution in [0.4, 0.5) is 0 Å². The van der Waals surface area contributed by atoms with Gasteiger partial charge in [0.05, 0.1) is 0 Å². The van der Waals surface area contributed by atoms with Crippen LogP contribution in [0.2, 0.25) is 0 Å². The Morgan fingerprint density at radius 2 is 1.65 bits per heavy atom. The third-order valence-electron chi connectivity index (χ3n) is 5.37. The number of benzene rings is 1. The molecule has 1 fully saturated rings. The molecule has 3 rings (SSSR count). The first-order valence-electron chi connectivity index (χ1n) is 7.22. The third-order valence-corrected chi connectivity index (χ3v) is 5.37. The van der Waals surface area contributed by atoms with Crippen molar-refractivity contribution in [2.45, 2.75) is 64.7 Å². The number of hydrogen-bond donors (Lipinski definition) is 0. The predicted molar refractivity (Wildman–Crippen MR) is 73.5 cm³/mol. The standard InChI is InChI=1S/C17H24/c1-12-6-9-17(10-7-12)11-8-15-13(2)4-5-14(3)16(15)17/h4-5,12H,6-11H2,1-3H3. The van der Waals surface area contributed by atoms with E-state index < -0.39 is 0 Å². The average molecular weight is 228 g/mol. The monoisotopic (exact) mass is 228 g/mol. The van der Waals surface area contributed by atoms with Crippen molar-refractivity contribution >= 4 is 0 Å². The Morgan fingerprint density at radius 3 is 2.35 bits per heavy atom. The summed E-state index contributed by atoms with van der Waals surface area (Å²) in [5, 5.41) is 0. The maximum atomic E-state index is 2.42. The van der Waals surface area contributed by atoms with Crippen LogP contribution in [-0.2, 0) is 11.8 Å². The SMILES string of the molecule is Cc1ccc(C)c2c1CCC21CCC(C)CC1. The molecule has 0 saturated heterocycles. The molecule has 0 amide bonds. The van der Waals surface area contributed by atoms with Crippen molar-refractivity contribution in [2.75, 3.05) is 0 Å². The lowest BCUT2D eigenvalue weighted by Gasteiger charge is -2.38. The summed E-state index contributed by atoms with van der Waals surface area (Å²) in [4.78, 5) is 0. The molecule has 1 spiro atoms. The molecule has 17 heavy (non-hydrogen) atoms. The van der Waals surface area contributed by atoms with Crippen LogP contribution in [0.1, 0.15) is 61.3 Å². The van der Waals surface area contributed by atoms with E-state index in [0.717, 1.165) is 5.92 Å².